The first-order valence-corrected chi connectivity index (χ1v) is 9.94. The Morgan fingerprint density at radius 1 is 1.14 bits per heavy atom. The molecule has 0 bridgehead atoms. The first-order valence-electron chi connectivity index (χ1n) is 9.13. The number of anilines is 1. The van der Waals surface area contributed by atoms with E-state index in [9.17, 15) is 4.79 Å². The topological polar surface area (TPSA) is 45.7 Å². The van der Waals surface area contributed by atoms with Crippen LogP contribution in [0.5, 0.6) is 5.75 Å². The lowest BCUT2D eigenvalue weighted by Crippen LogP contribution is -2.35. The van der Waals surface area contributed by atoms with E-state index in [1.807, 2.05) is 69.6 Å². The minimum atomic E-state index is -0.0821. The number of hydrogen-bond acceptors (Lipinski definition) is 5. The van der Waals surface area contributed by atoms with Gasteiger partial charge in [-0.3, -0.25) is 9.69 Å². The third-order valence-electron chi connectivity index (χ3n) is 4.40. The van der Waals surface area contributed by atoms with E-state index in [0.29, 0.717) is 11.7 Å². The number of amides is 1. The van der Waals surface area contributed by atoms with Crippen LogP contribution in [0, 0.1) is 6.92 Å². The normalized spacial score (nSPS) is 11.5. The zero-order valence-corrected chi connectivity index (χ0v) is 17.5. The van der Waals surface area contributed by atoms with Crippen molar-refractivity contribution in [2.75, 3.05) is 39.2 Å². The van der Waals surface area contributed by atoms with E-state index >= 15 is 0 Å². The number of benzene rings is 2. The quantitative estimate of drug-likeness (QED) is 0.562. The van der Waals surface area contributed by atoms with Crippen molar-refractivity contribution in [1.82, 2.24) is 9.88 Å². The first kappa shape index (κ1) is 20.0. The lowest BCUT2D eigenvalue weighted by atomic mass is 10.2. The van der Waals surface area contributed by atoms with Crippen LogP contribution in [0.3, 0.4) is 0 Å². The monoisotopic (exact) mass is 395 g/mol. The zero-order valence-electron chi connectivity index (χ0n) is 16.7. The zero-order chi connectivity index (χ0) is 20.1. The van der Waals surface area contributed by atoms with Crippen molar-refractivity contribution in [3.05, 3.63) is 59.7 Å². The van der Waals surface area contributed by atoms with E-state index in [4.69, 9.17) is 9.72 Å². The Labute approximate surface area is 169 Å². The molecule has 0 aliphatic carbocycles. The molecule has 0 aliphatic rings. The maximum Gasteiger partial charge on any atom is 0.252 e. The molecule has 0 unspecified atom stereocenters. The molecule has 6 heteroatoms. The Balaban J connectivity index is 1.95. The molecule has 0 aliphatic heterocycles. The van der Waals surface area contributed by atoms with Gasteiger partial charge in [-0.05, 0) is 44.3 Å². The molecule has 0 radical (unpaired) electrons. The van der Waals surface area contributed by atoms with Gasteiger partial charge in [-0.15, -0.1) is 0 Å². The summed E-state index contributed by atoms with van der Waals surface area (Å²) < 4.78 is 6.50. The van der Waals surface area contributed by atoms with Crippen molar-refractivity contribution in [2.45, 2.75) is 6.92 Å². The third kappa shape index (κ3) is 4.58. The van der Waals surface area contributed by atoms with Crippen LogP contribution >= 0.6 is 11.3 Å². The smallest absolute Gasteiger partial charge is 0.252 e. The second-order valence-electron chi connectivity index (χ2n) is 6.80. The summed E-state index contributed by atoms with van der Waals surface area (Å²) in [6.45, 7) is 3.36. The van der Waals surface area contributed by atoms with Gasteiger partial charge in [0.25, 0.3) is 5.91 Å². The summed E-state index contributed by atoms with van der Waals surface area (Å²) in [4.78, 5) is 21.5. The van der Waals surface area contributed by atoms with Crippen LogP contribution in [0.4, 0.5) is 5.13 Å². The van der Waals surface area contributed by atoms with Gasteiger partial charge in [0.2, 0.25) is 0 Å². The molecule has 3 aromatic rings. The number of nitrogens with zero attached hydrogens (tertiary/aromatic N) is 3. The van der Waals surface area contributed by atoms with Crippen molar-refractivity contribution in [3.63, 3.8) is 0 Å². The summed E-state index contributed by atoms with van der Waals surface area (Å²) in [6, 6.07) is 13.7. The molecule has 1 aromatic heterocycles. The fraction of sp³-hybridized carbons (Fsp3) is 0.273. The highest BCUT2D eigenvalue weighted by Crippen LogP contribution is 2.36. The predicted molar refractivity (Wildman–Crippen MR) is 117 cm³/mol. The molecule has 2 aromatic carbocycles. The number of methoxy groups -OCH3 is 1. The first-order chi connectivity index (χ1) is 13.5. The molecule has 0 N–H and O–H groups in total. The molecule has 5 nitrogen and oxygen atoms in total. The molecule has 0 atom stereocenters. The maximum absolute atomic E-state index is 13.0. The van der Waals surface area contributed by atoms with Crippen LogP contribution in [0.1, 0.15) is 11.1 Å². The minimum absolute atomic E-state index is 0.0821. The Bertz CT molecular complexity index is 980. The fourth-order valence-electron chi connectivity index (χ4n) is 2.80. The Kier molecular flexibility index (Phi) is 6.44. The van der Waals surface area contributed by atoms with E-state index in [0.717, 1.165) is 33.6 Å². The van der Waals surface area contributed by atoms with Gasteiger partial charge < -0.3 is 9.64 Å². The summed E-state index contributed by atoms with van der Waals surface area (Å²) in [5.41, 5.74) is 2.92. The molecular formula is C22H25N3O2S. The van der Waals surface area contributed by atoms with Crippen LogP contribution < -0.4 is 9.64 Å². The number of aryl methyl sites for hydroxylation is 1. The van der Waals surface area contributed by atoms with Crippen LogP contribution in [0.15, 0.2) is 48.5 Å². The average Bonchev–Trinajstić information content (AvgIpc) is 3.13. The van der Waals surface area contributed by atoms with E-state index in [1.165, 1.54) is 11.3 Å². The molecule has 0 saturated heterocycles. The van der Waals surface area contributed by atoms with Gasteiger partial charge in [0.05, 0.1) is 11.8 Å². The molecule has 3 rings (SSSR count). The highest BCUT2D eigenvalue weighted by Gasteiger charge is 2.20. The summed E-state index contributed by atoms with van der Waals surface area (Å²) in [7, 11) is 5.63. The minimum Gasteiger partial charge on any atom is -0.494 e. The maximum atomic E-state index is 13.0. The molecule has 1 heterocycles. The van der Waals surface area contributed by atoms with E-state index in [2.05, 4.69) is 4.90 Å². The number of ether oxygens (including phenoxy) is 1. The number of rotatable bonds is 7. The Morgan fingerprint density at radius 3 is 2.57 bits per heavy atom. The molecule has 0 spiro atoms. The second kappa shape index (κ2) is 8.99. The lowest BCUT2D eigenvalue weighted by Gasteiger charge is -2.20. The fourth-order valence-corrected chi connectivity index (χ4v) is 3.88. The summed E-state index contributed by atoms with van der Waals surface area (Å²) in [5.74, 6) is 0.643. The molecule has 28 heavy (non-hydrogen) atoms. The van der Waals surface area contributed by atoms with Gasteiger partial charge in [0.15, 0.2) is 5.13 Å². The number of carbonyl (C=O) groups is 1. The SMILES string of the molecule is COc1ccc(C)c2sc(N(CCN(C)C)C(=O)/C=C/c3ccccc3)nc12. The standard InChI is InChI=1S/C22H25N3O2S/c1-16-10-12-18(27-4)20-21(16)28-22(23-20)25(15-14-24(2)3)19(26)13-11-17-8-6-5-7-9-17/h5-13H,14-15H2,1-4H3/b13-11+. The van der Waals surface area contributed by atoms with Crippen molar-refractivity contribution >= 4 is 38.7 Å². The van der Waals surface area contributed by atoms with Gasteiger partial charge >= 0.3 is 0 Å². The van der Waals surface area contributed by atoms with E-state index in [1.54, 1.807) is 18.1 Å². The molecule has 1 amide bonds. The van der Waals surface area contributed by atoms with Gasteiger partial charge in [0, 0.05) is 19.2 Å². The van der Waals surface area contributed by atoms with Crippen LogP contribution in [0.2, 0.25) is 0 Å². The Hall–Kier alpha value is -2.70. The summed E-state index contributed by atoms with van der Waals surface area (Å²) in [5, 5.41) is 0.687. The molecule has 0 fully saturated rings. The van der Waals surface area contributed by atoms with Crippen molar-refractivity contribution in [2.24, 2.45) is 0 Å². The van der Waals surface area contributed by atoms with E-state index < -0.39 is 0 Å². The van der Waals surface area contributed by atoms with Gasteiger partial charge in [-0.2, -0.15) is 0 Å². The highest BCUT2D eigenvalue weighted by molar-refractivity contribution is 7.22. The van der Waals surface area contributed by atoms with Gasteiger partial charge in [-0.25, -0.2) is 4.98 Å². The van der Waals surface area contributed by atoms with Crippen molar-refractivity contribution in [1.29, 1.82) is 0 Å². The van der Waals surface area contributed by atoms with Crippen molar-refractivity contribution in [3.8, 4) is 5.75 Å². The number of aromatic nitrogens is 1. The number of hydrogen-bond donors (Lipinski definition) is 0. The number of likely N-dealkylation sites (N-methyl/N-ethyl adjacent to an activating group) is 1. The number of thiazole rings is 1. The van der Waals surface area contributed by atoms with Crippen LogP contribution in [-0.2, 0) is 4.79 Å². The van der Waals surface area contributed by atoms with Crippen LogP contribution in [0.25, 0.3) is 16.3 Å². The lowest BCUT2D eigenvalue weighted by molar-refractivity contribution is -0.114. The highest BCUT2D eigenvalue weighted by atomic mass is 32.1. The Morgan fingerprint density at radius 2 is 1.89 bits per heavy atom. The third-order valence-corrected chi connectivity index (χ3v) is 5.61. The molecular weight excluding hydrogens is 370 g/mol. The van der Waals surface area contributed by atoms with Crippen molar-refractivity contribution < 1.29 is 9.53 Å². The van der Waals surface area contributed by atoms with Crippen LogP contribution in [-0.4, -0.2) is 50.1 Å². The summed E-state index contributed by atoms with van der Waals surface area (Å²) >= 11 is 1.52. The van der Waals surface area contributed by atoms with E-state index in [-0.39, 0.29) is 5.91 Å². The van der Waals surface area contributed by atoms with Gasteiger partial charge in [-0.1, -0.05) is 47.7 Å². The largest absolute Gasteiger partial charge is 0.494 e. The molecule has 0 saturated carbocycles. The molecule has 146 valence electrons. The second-order valence-corrected chi connectivity index (χ2v) is 7.77. The number of carbonyl (C=O) groups excluding carboxylic acids is 1. The number of fused-ring (bicyclic) bond motifs is 1. The average molecular weight is 396 g/mol. The summed E-state index contributed by atoms with van der Waals surface area (Å²) in [6.07, 6.45) is 3.45. The van der Waals surface area contributed by atoms with Gasteiger partial charge in [0.1, 0.15) is 11.3 Å². The predicted octanol–water partition coefficient (Wildman–Crippen LogP) is 4.22.